The van der Waals surface area contributed by atoms with Gasteiger partial charge in [0.15, 0.2) is 5.58 Å². The van der Waals surface area contributed by atoms with Crippen molar-refractivity contribution in [1.82, 2.24) is 4.98 Å². The summed E-state index contributed by atoms with van der Waals surface area (Å²) in [6, 6.07) is 15.0. The van der Waals surface area contributed by atoms with E-state index in [1.807, 2.05) is 30.3 Å². The van der Waals surface area contributed by atoms with E-state index < -0.39 is 0 Å². The minimum absolute atomic E-state index is 0.528. The maximum atomic E-state index is 8.88. The molecule has 0 saturated heterocycles. The molecule has 0 N–H and O–H groups in total. The van der Waals surface area contributed by atoms with Crippen molar-refractivity contribution in [3.05, 3.63) is 52.5 Å². The summed E-state index contributed by atoms with van der Waals surface area (Å²) in [5.74, 6) is 0.528. The van der Waals surface area contributed by atoms with Gasteiger partial charge in [0.05, 0.1) is 11.6 Å². The van der Waals surface area contributed by atoms with Gasteiger partial charge in [-0.15, -0.1) is 0 Å². The Labute approximate surface area is 112 Å². The first-order chi connectivity index (χ1) is 8.76. The standard InChI is InChI=1S/C14H7BrN2O/c15-11-4-5-12-13(7-11)18-14(17-12)10-3-1-2-9(6-10)8-16/h1-7H. The average Bonchev–Trinajstić information content (AvgIpc) is 2.81. The van der Waals surface area contributed by atoms with Crippen LogP contribution in [0.25, 0.3) is 22.6 Å². The van der Waals surface area contributed by atoms with Crippen LogP contribution in [0.5, 0.6) is 0 Å². The molecule has 0 radical (unpaired) electrons. The van der Waals surface area contributed by atoms with Crippen LogP contribution in [0.2, 0.25) is 0 Å². The molecule has 18 heavy (non-hydrogen) atoms. The molecule has 0 aliphatic rings. The second kappa shape index (κ2) is 4.28. The summed E-state index contributed by atoms with van der Waals surface area (Å²) in [6.07, 6.45) is 0. The number of oxazole rings is 1. The van der Waals surface area contributed by atoms with Crippen molar-refractivity contribution in [3.63, 3.8) is 0 Å². The second-order valence-electron chi connectivity index (χ2n) is 3.82. The number of nitrogens with zero attached hydrogens (tertiary/aromatic N) is 2. The van der Waals surface area contributed by atoms with Gasteiger partial charge in [0.25, 0.3) is 0 Å². The molecular weight excluding hydrogens is 292 g/mol. The van der Waals surface area contributed by atoms with E-state index in [0.29, 0.717) is 11.5 Å². The van der Waals surface area contributed by atoms with E-state index >= 15 is 0 Å². The lowest BCUT2D eigenvalue weighted by atomic mass is 10.1. The summed E-state index contributed by atoms with van der Waals surface area (Å²) in [7, 11) is 0. The fourth-order valence-electron chi connectivity index (χ4n) is 1.74. The number of hydrogen-bond donors (Lipinski definition) is 0. The van der Waals surface area contributed by atoms with Gasteiger partial charge < -0.3 is 4.42 Å². The molecule has 0 atom stereocenters. The second-order valence-corrected chi connectivity index (χ2v) is 4.74. The summed E-state index contributed by atoms with van der Waals surface area (Å²) in [5.41, 5.74) is 2.93. The Balaban J connectivity index is 2.16. The van der Waals surface area contributed by atoms with E-state index in [4.69, 9.17) is 9.68 Å². The molecule has 3 rings (SSSR count). The minimum atomic E-state index is 0.528. The van der Waals surface area contributed by atoms with Crippen molar-refractivity contribution < 1.29 is 4.42 Å². The molecule has 0 aliphatic carbocycles. The van der Waals surface area contributed by atoms with Crippen LogP contribution < -0.4 is 0 Å². The maximum absolute atomic E-state index is 8.88. The maximum Gasteiger partial charge on any atom is 0.227 e. The number of benzene rings is 2. The van der Waals surface area contributed by atoms with Crippen LogP contribution in [-0.2, 0) is 0 Å². The van der Waals surface area contributed by atoms with Crippen molar-refractivity contribution in [2.24, 2.45) is 0 Å². The molecule has 0 fully saturated rings. The van der Waals surface area contributed by atoms with Gasteiger partial charge in [0, 0.05) is 10.0 Å². The van der Waals surface area contributed by atoms with Crippen molar-refractivity contribution in [3.8, 4) is 17.5 Å². The molecule has 1 aromatic heterocycles. The molecule has 4 heteroatoms. The quantitative estimate of drug-likeness (QED) is 0.679. The van der Waals surface area contributed by atoms with Gasteiger partial charge >= 0.3 is 0 Å². The molecule has 1 heterocycles. The van der Waals surface area contributed by atoms with Crippen LogP contribution in [0.15, 0.2) is 51.4 Å². The molecule has 3 nitrogen and oxygen atoms in total. The summed E-state index contributed by atoms with van der Waals surface area (Å²) in [5, 5.41) is 8.88. The smallest absolute Gasteiger partial charge is 0.227 e. The first-order valence-electron chi connectivity index (χ1n) is 5.33. The number of halogens is 1. The van der Waals surface area contributed by atoms with Crippen LogP contribution in [0.4, 0.5) is 0 Å². The van der Waals surface area contributed by atoms with E-state index in [1.54, 1.807) is 12.1 Å². The third-order valence-corrected chi connectivity index (χ3v) is 3.08. The summed E-state index contributed by atoms with van der Waals surface area (Å²) < 4.78 is 6.63. The van der Waals surface area contributed by atoms with Gasteiger partial charge in [-0.05, 0) is 36.4 Å². The lowest BCUT2D eigenvalue weighted by molar-refractivity contribution is 0.619. The zero-order valence-electron chi connectivity index (χ0n) is 9.22. The van der Waals surface area contributed by atoms with Crippen LogP contribution in [0.1, 0.15) is 5.56 Å². The van der Waals surface area contributed by atoms with Crippen molar-refractivity contribution in [2.75, 3.05) is 0 Å². The number of nitriles is 1. The van der Waals surface area contributed by atoms with Crippen molar-refractivity contribution in [1.29, 1.82) is 5.26 Å². The molecular formula is C14H7BrN2O. The van der Waals surface area contributed by atoms with Crippen LogP contribution in [0, 0.1) is 11.3 Å². The number of hydrogen-bond acceptors (Lipinski definition) is 3. The molecule has 2 aromatic carbocycles. The predicted molar refractivity (Wildman–Crippen MR) is 71.9 cm³/mol. The zero-order valence-corrected chi connectivity index (χ0v) is 10.8. The number of aromatic nitrogens is 1. The van der Waals surface area contributed by atoms with Crippen molar-refractivity contribution in [2.45, 2.75) is 0 Å². The molecule has 0 spiro atoms. The first-order valence-corrected chi connectivity index (χ1v) is 6.12. The SMILES string of the molecule is N#Cc1cccc(-c2nc3ccc(Br)cc3o2)c1. The fraction of sp³-hybridized carbons (Fsp3) is 0. The molecule has 0 unspecified atom stereocenters. The summed E-state index contributed by atoms with van der Waals surface area (Å²) >= 11 is 3.39. The highest BCUT2D eigenvalue weighted by molar-refractivity contribution is 9.10. The highest BCUT2D eigenvalue weighted by Gasteiger charge is 2.08. The predicted octanol–water partition coefficient (Wildman–Crippen LogP) is 4.13. The van der Waals surface area contributed by atoms with Gasteiger partial charge in [0.1, 0.15) is 5.52 Å². The normalized spacial score (nSPS) is 10.4. The Morgan fingerprint density at radius 3 is 2.89 bits per heavy atom. The topological polar surface area (TPSA) is 49.8 Å². The highest BCUT2D eigenvalue weighted by Crippen LogP contribution is 2.26. The monoisotopic (exact) mass is 298 g/mol. The lowest BCUT2D eigenvalue weighted by Gasteiger charge is -1.94. The van der Waals surface area contributed by atoms with Crippen LogP contribution in [0.3, 0.4) is 0 Å². The fourth-order valence-corrected chi connectivity index (χ4v) is 2.08. The van der Waals surface area contributed by atoms with E-state index in [9.17, 15) is 0 Å². The summed E-state index contributed by atoms with van der Waals surface area (Å²) in [6.45, 7) is 0. The molecule has 0 saturated carbocycles. The Morgan fingerprint density at radius 1 is 1.17 bits per heavy atom. The highest BCUT2D eigenvalue weighted by atomic mass is 79.9. The first kappa shape index (κ1) is 11.0. The van der Waals surface area contributed by atoms with Gasteiger partial charge in [-0.1, -0.05) is 22.0 Å². The van der Waals surface area contributed by atoms with Crippen LogP contribution in [-0.4, -0.2) is 4.98 Å². The Bertz CT molecular complexity index is 771. The Hall–Kier alpha value is -2.12. The third kappa shape index (κ3) is 1.89. The van der Waals surface area contributed by atoms with E-state index in [1.165, 1.54) is 0 Å². The summed E-state index contributed by atoms with van der Waals surface area (Å²) in [4.78, 5) is 4.40. The Morgan fingerprint density at radius 2 is 2.06 bits per heavy atom. The third-order valence-electron chi connectivity index (χ3n) is 2.59. The van der Waals surface area contributed by atoms with E-state index in [-0.39, 0.29) is 0 Å². The van der Waals surface area contributed by atoms with E-state index in [0.717, 1.165) is 21.1 Å². The van der Waals surface area contributed by atoms with Gasteiger partial charge in [-0.2, -0.15) is 5.26 Å². The zero-order chi connectivity index (χ0) is 12.5. The van der Waals surface area contributed by atoms with Crippen molar-refractivity contribution >= 4 is 27.0 Å². The largest absolute Gasteiger partial charge is 0.436 e. The van der Waals surface area contributed by atoms with Gasteiger partial charge in [0.2, 0.25) is 5.89 Å². The molecule has 0 bridgehead atoms. The van der Waals surface area contributed by atoms with E-state index in [2.05, 4.69) is 27.0 Å². The minimum Gasteiger partial charge on any atom is -0.436 e. The van der Waals surface area contributed by atoms with Gasteiger partial charge in [-0.3, -0.25) is 0 Å². The van der Waals surface area contributed by atoms with Gasteiger partial charge in [-0.25, -0.2) is 4.98 Å². The average molecular weight is 299 g/mol. The van der Waals surface area contributed by atoms with Crippen LogP contribution >= 0.6 is 15.9 Å². The lowest BCUT2D eigenvalue weighted by Crippen LogP contribution is -1.79. The molecule has 86 valence electrons. The number of rotatable bonds is 1. The molecule has 0 amide bonds. The molecule has 3 aromatic rings. The Kier molecular flexibility index (Phi) is 2.62. The number of fused-ring (bicyclic) bond motifs is 1. The molecule has 0 aliphatic heterocycles.